The number of urea groups is 1. The first-order valence-corrected chi connectivity index (χ1v) is 11.5. The molecule has 4 fully saturated rings. The van der Waals surface area contributed by atoms with Crippen LogP contribution in [-0.4, -0.2) is 75.8 Å². The van der Waals surface area contributed by atoms with E-state index in [0.29, 0.717) is 32.0 Å². The Labute approximate surface area is 173 Å². The molecule has 7 heteroatoms. The summed E-state index contributed by atoms with van der Waals surface area (Å²) >= 11 is 0. The SMILES string of the molecule is O=C(N1CCCC1)N1CC[C@]2(O)CCN(c3nccc(C4CCCC4)n3)C[C@@H]2C1. The molecule has 1 saturated carbocycles. The Hall–Kier alpha value is -1.89. The van der Waals surface area contributed by atoms with Crippen molar-refractivity contribution in [3.05, 3.63) is 18.0 Å². The standard InChI is InChI=1S/C22H33N5O2/c28-21(25-11-3-4-12-25)27-14-9-22(29)8-13-26(15-18(22)16-27)20-23-10-7-19(24-20)17-5-1-2-6-17/h7,10,17-18,29H,1-6,8-9,11-16H2/t18-,22-/m1/s1. The van der Waals surface area contributed by atoms with Crippen LogP contribution in [0.5, 0.6) is 0 Å². The number of fused-ring (bicyclic) bond motifs is 1. The maximum absolute atomic E-state index is 12.9. The molecule has 1 aliphatic carbocycles. The minimum absolute atomic E-state index is 0.0512. The van der Waals surface area contributed by atoms with Crippen LogP contribution >= 0.6 is 0 Å². The van der Waals surface area contributed by atoms with E-state index in [4.69, 9.17) is 4.98 Å². The lowest BCUT2D eigenvalue weighted by atomic mass is 9.76. The molecule has 7 nitrogen and oxygen atoms in total. The van der Waals surface area contributed by atoms with Crippen molar-refractivity contribution in [3.8, 4) is 0 Å². The van der Waals surface area contributed by atoms with Crippen LogP contribution in [0.3, 0.4) is 0 Å². The second-order valence-electron chi connectivity index (χ2n) is 9.43. The molecule has 3 saturated heterocycles. The van der Waals surface area contributed by atoms with Gasteiger partial charge in [0.15, 0.2) is 0 Å². The van der Waals surface area contributed by atoms with Crippen LogP contribution in [0.1, 0.15) is 63.0 Å². The Balaban J connectivity index is 1.29. The summed E-state index contributed by atoms with van der Waals surface area (Å²) in [5.41, 5.74) is 0.504. The fourth-order valence-corrected chi connectivity index (χ4v) is 5.73. The summed E-state index contributed by atoms with van der Waals surface area (Å²) in [5, 5.41) is 11.2. The molecule has 29 heavy (non-hydrogen) atoms. The summed E-state index contributed by atoms with van der Waals surface area (Å²) in [6.07, 6.45) is 10.5. The molecule has 3 aliphatic heterocycles. The largest absolute Gasteiger partial charge is 0.389 e. The number of likely N-dealkylation sites (tertiary alicyclic amines) is 2. The van der Waals surface area contributed by atoms with Crippen molar-refractivity contribution in [2.45, 2.75) is 62.9 Å². The second-order valence-corrected chi connectivity index (χ2v) is 9.43. The maximum atomic E-state index is 12.9. The normalized spacial score (nSPS) is 30.7. The lowest BCUT2D eigenvalue weighted by molar-refractivity contribution is -0.0765. The number of carbonyl (C=O) groups is 1. The molecule has 2 atom stereocenters. The van der Waals surface area contributed by atoms with Crippen LogP contribution < -0.4 is 4.90 Å². The molecule has 0 aromatic carbocycles. The zero-order chi connectivity index (χ0) is 19.8. The Kier molecular flexibility index (Phi) is 5.10. The van der Waals surface area contributed by atoms with Gasteiger partial charge in [0.2, 0.25) is 5.95 Å². The van der Waals surface area contributed by atoms with Crippen LogP contribution in [0.15, 0.2) is 12.3 Å². The van der Waals surface area contributed by atoms with E-state index in [1.54, 1.807) is 0 Å². The van der Waals surface area contributed by atoms with Gasteiger partial charge in [-0.25, -0.2) is 14.8 Å². The number of rotatable bonds is 2. The van der Waals surface area contributed by atoms with E-state index in [9.17, 15) is 9.90 Å². The van der Waals surface area contributed by atoms with Gasteiger partial charge in [-0.3, -0.25) is 0 Å². The van der Waals surface area contributed by atoms with Crippen molar-refractivity contribution in [1.82, 2.24) is 19.8 Å². The predicted molar refractivity (Wildman–Crippen MR) is 111 cm³/mol. The van der Waals surface area contributed by atoms with E-state index in [2.05, 4.69) is 16.0 Å². The first kappa shape index (κ1) is 19.1. The number of aromatic nitrogens is 2. The third-order valence-corrected chi connectivity index (χ3v) is 7.64. The van der Waals surface area contributed by atoms with Crippen LogP contribution in [0.2, 0.25) is 0 Å². The molecule has 0 bridgehead atoms. The molecule has 1 N–H and O–H groups in total. The number of hydrogen-bond acceptors (Lipinski definition) is 5. The molecule has 1 aromatic heterocycles. The van der Waals surface area contributed by atoms with Crippen LogP contribution in [0, 0.1) is 5.92 Å². The van der Waals surface area contributed by atoms with Gasteiger partial charge in [0.25, 0.3) is 0 Å². The predicted octanol–water partition coefficient (Wildman–Crippen LogP) is 2.61. The fourth-order valence-electron chi connectivity index (χ4n) is 5.73. The quantitative estimate of drug-likeness (QED) is 0.828. The van der Waals surface area contributed by atoms with E-state index in [0.717, 1.165) is 44.8 Å². The number of carbonyl (C=O) groups excluding carboxylic acids is 1. The van der Waals surface area contributed by atoms with Gasteiger partial charge in [0, 0.05) is 63.0 Å². The Morgan fingerprint density at radius 1 is 1.00 bits per heavy atom. The van der Waals surface area contributed by atoms with E-state index in [1.807, 2.05) is 16.0 Å². The second kappa shape index (κ2) is 7.74. The maximum Gasteiger partial charge on any atom is 0.320 e. The molecular formula is C22H33N5O2. The molecule has 5 rings (SSSR count). The molecule has 0 unspecified atom stereocenters. The highest BCUT2D eigenvalue weighted by Gasteiger charge is 2.47. The third-order valence-electron chi connectivity index (χ3n) is 7.64. The summed E-state index contributed by atoms with van der Waals surface area (Å²) in [4.78, 5) is 28.5. The molecule has 0 spiro atoms. The van der Waals surface area contributed by atoms with Crippen LogP contribution in [0.4, 0.5) is 10.7 Å². The average Bonchev–Trinajstić information content (AvgIpc) is 3.47. The van der Waals surface area contributed by atoms with Gasteiger partial charge < -0.3 is 19.8 Å². The van der Waals surface area contributed by atoms with Gasteiger partial charge in [-0.1, -0.05) is 12.8 Å². The minimum Gasteiger partial charge on any atom is -0.389 e. The average molecular weight is 400 g/mol. The van der Waals surface area contributed by atoms with Gasteiger partial charge in [-0.2, -0.15) is 0 Å². The molecule has 2 amide bonds. The van der Waals surface area contributed by atoms with E-state index in [1.165, 1.54) is 31.4 Å². The highest BCUT2D eigenvalue weighted by atomic mass is 16.3. The number of aliphatic hydroxyl groups is 1. The summed E-state index contributed by atoms with van der Waals surface area (Å²) in [6.45, 7) is 4.53. The molecule has 0 radical (unpaired) electrons. The first-order valence-electron chi connectivity index (χ1n) is 11.5. The minimum atomic E-state index is -0.665. The van der Waals surface area contributed by atoms with Gasteiger partial charge in [0.05, 0.1) is 5.60 Å². The van der Waals surface area contributed by atoms with Crippen molar-refractivity contribution in [2.75, 3.05) is 44.2 Å². The first-order chi connectivity index (χ1) is 14.1. The zero-order valence-electron chi connectivity index (χ0n) is 17.3. The number of anilines is 1. The van der Waals surface area contributed by atoms with Crippen molar-refractivity contribution < 1.29 is 9.90 Å². The van der Waals surface area contributed by atoms with Gasteiger partial charge in [-0.15, -0.1) is 0 Å². The van der Waals surface area contributed by atoms with Crippen molar-refractivity contribution in [1.29, 1.82) is 0 Å². The van der Waals surface area contributed by atoms with Crippen LogP contribution in [-0.2, 0) is 0 Å². The molecule has 1 aromatic rings. The summed E-state index contributed by atoms with van der Waals surface area (Å²) in [5.74, 6) is 1.41. The Morgan fingerprint density at radius 3 is 2.55 bits per heavy atom. The fraction of sp³-hybridized carbons (Fsp3) is 0.773. The number of amides is 2. The van der Waals surface area contributed by atoms with Crippen molar-refractivity contribution in [2.24, 2.45) is 5.92 Å². The van der Waals surface area contributed by atoms with E-state index in [-0.39, 0.29) is 11.9 Å². The summed E-state index contributed by atoms with van der Waals surface area (Å²) in [6, 6.07) is 2.22. The van der Waals surface area contributed by atoms with Gasteiger partial charge in [-0.05, 0) is 44.6 Å². The van der Waals surface area contributed by atoms with Crippen molar-refractivity contribution in [3.63, 3.8) is 0 Å². The molecule has 4 aliphatic rings. The topological polar surface area (TPSA) is 72.8 Å². The van der Waals surface area contributed by atoms with Gasteiger partial charge in [0.1, 0.15) is 0 Å². The monoisotopic (exact) mass is 399 g/mol. The number of nitrogens with zero attached hydrogens (tertiary/aromatic N) is 5. The highest BCUT2D eigenvalue weighted by Crippen LogP contribution is 2.38. The molecule has 158 valence electrons. The summed E-state index contributed by atoms with van der Waals surface area (Å²) < 4.78 is 0. The van der Waals surface area contributed by atoms with Gasteiger partial charge >= 0.3 is 6.03 Å². The molecule has 4 heterocycles. The lowest BCUT2D eigenvalue weighted by Crippen LogP contribution is -2.62. The van der Waals surface area contributed by atoms with Crippen molar-refractivity contribution >= 4 is 12.0 Å². The summed E-state index contributed by atoms with van der Waals surface area (Å²) in [7, 11) is 0. The Bertz CT molecular complexity index is 746. The smallest absolute Gasteiger partial charge is 0.320 e. The highest BCUT2D eigenvalue weighted by molar-refractivity contribution is 5.75. The number of hydrogen-bond donors (Lipinski definition) is 1. The zero-order valence-corrected chi connectivity index (χ0v) is 17.3. The van der Waals surface area contributed by atoms with E-state index >= 15 is 0 Å². The lowest BCUT2D eigenvalue weighted by Gasteiger charge is -2.50. The molecular weight excluding hydrogens is 366 g/mol. The third kappa shape index (κ3) is 3.69. The van der Waals surface area contributed by atoms with E-state index < -0.39 is 5.60 Å². The number of piperidine rings is 2. The Morgan fingerprint density at radius 2 is 1.76 bits per heavy atom. The van der Waals surface area contributed by atoms with Crippen LogP contribution in [0.25, 0.3) is 0 Å².